The number of anilines is 1. The number of hydrogen-bond acceptors (Lipinski definition) is 4. The lowest BCUT2D eigenvalue weighted by atomic mass is 9.91. The summed E-state index contributed by atoms with van der Waals surface area (Å²) in [6.45, 7) is 2.56. The predicted octanol–water partition coefficient (Wildman–Crippen LogP) is 4.71. The molecule has 0 saturated carbocycles. The first-order chi connectivity index (χ1) is 16.9. The Balaban J connectivity index is 1.62. The number of methoxy groups -OCH3 is 2. The number of hydrogen-bond donors (Lipinski definition) is 2. The summed E-state index contributed by atoms with van der Waals surface area (Å²) in [5.74, 6) is 0.229. The average Bonchev–Trinajstić information content (AvgIpc) is 2.87. The van der Waals surface area contributed by atoms with Crippen LogP contribution in [-0.2, 0) is 6.42 Å². The van der Waals surface area contributed by atoms with E-state index in [0.29, 0.717) is 30.2 Å². The molecule has 0 fully saturated rings. The first-order valence-electron chi connectivity index (χ1n) is 11.3. The summed E-state index contributed by atoms with van der Waals surface area (Å²) in [7, 11) is 3.13. The molecule has 8 heteroatoms. The molecule has 1 aliphatic heterocycles. The van der Waals surface area contributed by atoms with E-state index in [4.69, 9.17) is 9.47 Å². The smallest absolute Gasteiger partial charge is 0.322 e. The van der Waals surface area contributed by atoms with Crippen LogP contribution in [0, 0.1) is 12.7 Å². The number of urea groups is 1. The highest BCUT2D eigenvalue weighted by molar-refractivity contribution is 5.94. The minimum Gasteiger partial charge on any atom is -0.493 e. The number of fused-ring (bicyclic) bond motifs is 1. The Morgan fingerprint density at radius 2 is 1.74 bits per heavy atom. The molecule has 0 saturated heterocycles. The molecule has 1 aliphatic rings. The van der Waals surface area contributed by atoms with Gasteiger partial charge in [-0.25, -0.2) is 9.18 Å². The summed E-state index contributed by atoms with van der Waals surface area (Å²) in [6, 6.07) is 16.0. The molecule has 2 N–H and O–H groups in total. The largest absolute Gasteiger partial charge is 0.493 e. The Bertz CT molecular complexity index is 1230. The van der Waals surface area contributed by atoms with Crippen LogP contribution in [0.5, 0.6) is 11.5 Å². The van der Waals surface area contributed by atoms with Crippen LogP contribution in [-0.4, -0.2) is 44.1 Å². The van der Waals surface area contributed by atoms with Gasteiger partial charge in [-0.3, -0.25) is 4.79 Å². The van der Waals surface area contributed by atoms with Gasteiger partial charge < -0.3 is 25.0 Å². The zero-order valence-corrected chi connectivity index (χ0v) is 19.9. The fourth-order valence-electron chi connectivity index (χ4n) is 4.24. The maximum Gasteiger partial charge on any atom is 0.322 e. The maximum absolute atomic E-state index is 13.6. The van der Waals surface area contributed by atoms with Gasteiger partial charge in [-0.2, -0.15) is 0 Å². The molecular weight excluding hydrogens is 449 g/mol. The zero-order chi connectivity index (χ0) is 24.9. The van der Waals surface area contributed by atoms with Crippen LogP contribution in [0.4, 0.5) is 14.9 Å². The quantitative estimate of drug-likeness (QED) is 0.539. The molecule has 0 spiro atoms. The molecule has 0 bridgehead atoms. The molecule has 7 nitrogen and oxygen atoms in total. The van der Waals surface area contributed by atoms with Crippen molar-refractivity contribution in [3.05, 3.63) is 88.7 Å². The topological polar surface area (TPSA) is 79.9 Å². The molecule has 1 atom stereocenters. The van der Waals surface area contributed by atoms with Gasteiger partial charge in [0.05, 0.1) is 20.3 Å². The fraction of sp³-hybridized carbons (Fsp3) is 0.259. The second kappa shape index (κ2) is 10.5. The van der Waals surface area contributed by atoms with Crippen LogP contribution >= 0.6 is 0 Å². The van der Waals surface area contributed by atoms with Crippen molar-refractivity contribution in [2.75, 3.05) is 32.6 Å². The van der Waals surface area contributed by atoms with E-state index in [9.17, 15) is 14.0 Å². The van der Waals surface area contributed by atoms with Crippen molar-refractivity contribution in [1.29, 1.82) is 0 Å². The monoisotopic (exact) mass is 477 g/mol. The molecule has 0 unspecified atom stereocenters. The third-order valence-corrected chi connectivity index (χ3v) is 6.11. The van der Waals surface area contributed by atoms with E-state index in [1.807, 2.05) is 43.3 Å². The van der Waals surface area contributed by atoms with E-state index in [0.717, 1.165) is 16.7 Å². The second-order valence-corrected chi connectivity index (χ2v) is 8.38. The van der Waals surface area contributed by atoms with Crippen molar-refractivity contribution < 1.29 is 23.5 Å². The molecule has 3 aromatic rings. The van der Waals surface area contributed by atoms with Crippen molar-refractivity contribution in [2.24, 2.45) is 0 Å². The number of carbonyl (C=O) groups excluding carboxylic acids is 2. The van der Waals surface area contributed by atoms with Gasteiger partial charge in [0.15, 0.2) is 11.5 Å². The van der Waals surface area contributed by atoms with E-state index in [-0.39, 0.29) is 18.1 Å². The third-order valence-electron chi connectivity index (χ3n) is 6.11. The summed E-state index contributed by atoms with van der Waals surface area (Å²) in [6.07, 6.45) is 0.616. The SMILES string of the molecule is COc1cc2c(cc1OC)[C@H](CNC(=O)c1cccc(F)c1)N(C(=O)Nc1ccc(C)cc1)CC2. The fourth-order valence-corrected chi connectivity index (χ4v) is 4.24. The van der Waals surface area contributed by atoms with Crippen LogP contribution in [0.1, 0.15) is 33.1 Å². The molecule has 182 valence electrons. The van der Waals surface area contributed by atoms with Crippen LogP contribution < -0.4 is 20.1 Å². The highest BCUT2D eigenvalue weighted by Crippen LogP contribution is 2.38. The lowest BCUT2D eigenvalue weighted by Gasteiger charge is -2.38. The van der Waals surface area contributed by atoms with Gasteiger partial charge in [0, 0.05) is 24.3 Å². The number of nitrogens with one attached hydrogen (secondary N) is 2. The van der Waals surface area contributed by atoms with E-state index in [1.165, 1.54) is 18.2 Å². The lowest BCUT2D eigenvalue weighted by molar-refractivity contribution is 0.0936. The standard InChI is InChI=1S/C27H28FN3O4/c1-17-7-9-21(10-8-17)30-27(33)31-12-11-18-14-24(34-2)25(35-3)15-22(18)23(31)16-29-26(32)19-5-4-6-20(28)13-19/h4-10,13-15,23H,11-12,16H2,1-3H3,(H,29,32)(H,30,33)/t23-/m0/s1. The Labute approximate surface area is 203 Å². The van der Waals surface area contributed by atoms with Crippen molar-refractivity contribution in [2.45, 2.75) is 19.4 Å². The van der Waals surface area contributed by atoms with Gasteiger partial charge in [-0.05, 0) is 66.9 Å². The molecule has 4 rings (SSSR count). The van der Waals surface area contributed by atoms with Gasteiger partial charge in [0.2, 0.25) is 0 Å². The summed E-state index contributed by atoms with van der Waals surface area (Å²) in [4.78, 5) is 27.7. The zero-order valence-electron chi connectivity index (χ0n) is 19.9. The number of rotatable bonds is 6. The Morgan fingerprint density at radius 3 is 2.43 bits per heavy atom. The van der Waals surface area contributed by atoms with Crippen LogP contribution in [0.2, 0.25) is 0 Å². The summed E-state index contributed by atoms with van der Waals surface area (Å²) < 4.78 is 24.5. The van der Waals surface area contributed by atoms with E-state index in [2.05, 4.69) is 10.6 Å². The number of ether oxygens (including phenoxy) is 2. The highest BCUT2D eigenvalue weighted by atomic mass is 19.1. The summed E-state index contributed by atoms with van der Waals surface area (Å²) in [5.41, 5.74) is 3.85. The van der Waals surface area contributed by atoms with E-state index >= 15 is 0 Å². The Hall–Kier alpha value is -4.07. The Morgan fingerprint density at radius 1 is 1.03 bits per heavy atom. The van der Waals surface area contributed by atoms with Crippen molar-refractivity contribution in [3.8, 4) is 11.5 Å². The van der Waals surface area contributed by atoms with Crippen molar-refractivity contribution >= 4 is 17.6 Å². The average molecular weight is 478 g/mol. The van der Waals surface area contributed by atoms with Crippen molar-refractivity contribution in [3.63, 3.8) is 0 Å². The van der Waals surface area contributed by atoms with Gasteiger partial charge >= 0.3 is 6.03 Å². The highest BCUT2D eigenvalue weighted by Gasteiger charge is 2.32. The number of aryl methyl sites for hydroxylation is 1. The van der Waals surface area contributed by atoms with Crippen LogP contribution in [0.25, 0.3) is 0 Å². The van der Waals surface area contributed by atoms with E-state index in [1.54, 1.807) is 25.2 Å². The van der Waals surface area contributed by atoms with Crippen LogP contribution in [0.3, 0.4) is 0 Å². The molecule has 35 heavy (non-hydrogen) atoms. The van der Waals surface area contributed by atoms with Crippen molar-refractivity contribution in [1.82, 2.24) is 10.2 Å². The minimum absolute atomic E-state index is 0.138. The minimum atomic E-state index is -0.489. The molecule has 1 heterocycles. The second-order valence-electron chi connectivity index (χ2n) is 8.38. The predicted molar refractivity (Wildman–Crippen MR) is 132 cm³/mol. The molecule has 0 aromatic heterocycles. The molecule has 3 aromatic carbocycles. The van der Waals surface area contributed by atoms with E-state index < -0.39 is 17.8 Å². The lowest BCUT2D eigenvalue weighted by Crippen LogP contribution is -2.46. The molecule has 0 radical (unpaired) electrons. The molecular formula is C27H28FN3O4. The van der Waals surface area contributed by atoms with Gasteiger partial charge in [0.1, 0.15) is 5.82 Å². The Kier molecular flexibility index (Phi) is 7.19. The molecule has 3 amide bonds. The first kappa shape index (κ1) is 24.1. The van der Waals surface area contributed by atoms with Gasteiger partial charge in [-0.1, -0.05) is 23.8 Å². The number of nitrogens with zero attached hydrogens (tertiary/aromatic N) is 1. The molecule has 0 aliphatic carbocycles. The number of amides is 3. The number of benzene rings is 3. The van der Waals surface area contributed by atoms with Crippen LogP contribution in [0.15, 0.2) is 60.7 Å². The number of carbonyl (C=O) groups is 2. The normalized spacial score (nSPS) is 14.6. The summed E-state index contributed by atoms with van der Waals surface area (Å²) >= 11 is 0. The summed E-state index contributed by atoms with van der Waals surface area (Å²) in [5, 5.41) is 5.81. The van der Waals surface area contributed by atoms with Gasteiger partial charge in [0.25, 0.3) is 5.91 Å². The van der Waals surface area contributed by atoms with Gasteiger partial charge in [-0.15, -0.1) is 0 Å². The maximum atomic E-state index is 13.6. The third kappa shape index (κ3) is 5.37. The first-order valence-corrected chi connectivity index (χ1v) is 11.3. The number of halogens is 1.